The summed E-state index contributed by atoms with van der Waals surface area (Å²) < 4.78 is 0. The van der Waals surface area contributed by atoms with E-state index in [2.05, 4.69) is 17.1 Å². The Hall–Kier alpha value is -0.650. The zero-order valence-corrected chi connectivity index (χ0v) is 11.4. The number of hydrogen-bond donors (Lipinski definition) is 3. The average Bonchev–Trinajstić information content (AvgIpc) is 2.37. The number of rotatable bonds is 7. The number of amides is 1. The monoisotopic (exact) mass is 257 g/mol. The molecule has 1 saturated heterocycles. The highest BCUT2D eigenvalue weighted by molar-refractivity contribution is 5.78. The van der Waals surface area contributed by atoms with E-state index in [9.17, 15) is 4.79 Å². The minimum absolute atomic E-state index is 0.0851. The maximum absolute atomic E-state index is 11.8. The molecule has 0 aromatic heterocycles. The van der Waals surface area contributed by atoms with Crippen molar-refractivity contribution in [1.29, 1.82) is 0 Å². The number of carbonyl (C=O) groups is 1. The maximum atomic E-state index is 11.8. The lowest BCUT2D eigenvalue weighted by molar-refractivity contribution is -0.122. The number of carbonyl (C=O) groups excluding carboxylic acids is 1. The van der Waals surface area contributed by atoms with Crippen LogP contribution in [0.15, 0.2) is 0 Å². The van der Waals surface area contributed by atoms with Crippen molar-refractivity contribution in [1.82, 2.24) is 10.2 Å². The van der Waals surface area contributed by atoms with Crippen molar-refractivity contribution in [2.24, 2.45) is 11.7 Å². The number of nitrogens with zero attached hydrogens (tertiary/aromatic N) is 1. The second kappa shape index (κ2) is 8.45. The van der Waals surface area contributed by atoms with Gasteiger partial charge in [0, 0.05) is 32.3 Å². The minimum Gasteiger partial charge on any atom is -0.396 e. The van der Waals surface area contributed by atoms with Crippen LogP contribution in [-0.4, -0.2) is 54.7 Å². The number of aliphatic hydroxyl groups is 1. The van der Waals surface area contributed by atoms with Gasteiger partial charge in [-0.25, -0.2) is 0 Å². The van der Waals surface area contributed by atoms with Crippen LogP contribution >= 0.6 is 0 Å². The Morgan fingerprint density at radius 2 is 2.17 bits per heavy atom. The standard InChI is InChI=1S/C13H27N3O2/c1-2-11(5-8-17)9-15-13(18)10-16-6-3-12(14)4-7-16/h11-12,17H,2-10,14H2,1H3,(H,15,18). The van der Waals surface area contributed by atoms with Crippen LogP contribution in [0.3, 0.4) is 0 Å². The van der Waals surface area contributed by atoms with Gasteiger partial charge >= 0.3 is 0 Å². The molecule has 18 heavy (non-hydrogen) atoms. The predicted molar refractivity (Wildman–Crippen MR) is 72.1 cm³/mol. The zero-order chi connectivity index (χ0) is 13.4. The second-order valence-electron chi connectivity index (χ2n) is 5.20. The number of hydrogen-bond acceptors (Lipinski definition) is 4. The van der Waals surface area contributed by atoms with E-state index in [0.29, 0.717) is 25.0 Å². The molecule has 1 amide bonds. The summed E-state index contributed by atoms with van der Waals surface area (Å²) in [6.07, 6.45) is 3.71. The first kappa shape index (κ1) is 15.4. The van der Waals surface area contributed by atoms with E-state index >= 15 is 0 Å². The van der Waals surface area contributed by atoms with E-state index in [1.165, 1.54) is 0 Å². The molecule has 1 unspecified atom stereocenters. The highest BCUT2D eigenvalue weighted by atomic mass is 16.3. The molecule has 0 bridgehead atoms. The lowest BCUT2D eigenvalue weighted by atomic mass is 10.0. The van der Waals surface area contributed by atoms with Crippen LogP contribution in [0, 0.1) is 5.92 Å². The number of nitrogens with two attached hydrogens (primary N) is 1. The average molecular weight is 257 g/mol. The van der Waals surface area contributed by atoms with Crippen LogP contribution in [-0.2, 0) is 4.79 Å². The van der Waals surface area contributed by atoms with Crippen LogP contribution in [0.25, 0.3) is 0 Å². The second-order valence-corrected chi connectivity index (χ2v) is 5.20. The fraction of sp³-hybridized carbons (Fsp3) is 0.923. The number of aliphatic hydroxyl groups excluding tert-OH is 1. The Kier molecular flexibility index (Phi) is 7.23. The molecule has 5 heteroatoms. The molecule has 0 aromatic carbocycles. The lowest BCUT2D eigenvalue weighted by Crippen LogP contribution is -2.45. The predicted octanol–water partition coefficient (Wildman–Crippen LogP) is -0.0657. The number of likely N-dealkylation sites (tertiary alicyclic amines) is 1. The van der Waals surface area contributed by atoms with Crippen LogP contribution in [0.2, 0.25) is 0 Å². The van der Waals surface area contributed by atoms with E-state index in [1.807, 2.05) is 0 Å². The molecule has 1 atom stereocenters. The van der Waals surface area contributed by atoms with Gasteiger partial charge in [0.25, 0.3) is 0 Å². The fourth-order valence-corrected chi connectivity index (χ4v) is 2.26. The van der Waals surface area contributed by atoms with E-state index in [-0.39, 0.29) is 12.5 Å². The van der Waals surface area contributed by atoms with Gasteiger partial charge in [-0.05, 0) is 25.2 Å². The van der Waals surface area contributed by atoms with Crippen LogP contribution < -0.4 is 11.1 Å². The van der Waals surface area contributed by atoms with Gasteiger partial charge in [-0.1, -0.05) is 13.3 Å². The minimum atomic E-state index is 0.0851. The van der Waals surface area contributed by atoms with Gasteiger partial charge in [-0.3, -0.25) is 9.69 Å². The summed E-state index contributed by atoms with van der Waals surface area (Å²) in [4.78, 5) is 13.9. The summed E-state index contributed by atoms with van der Waals surface area (Å²) in [6, 6.07) is 0.304. The van der Waals surface area contributed by atoms with Gasteiger partial charge in [-0.2, -0.15) is 0 Å². The quantitative estimate of drug-likeness (QED) is 0.597. The molecule has 1 heterocycles. The largest absolute Gasteiger partial charge is 0.396 e. The summed E-state index contributed by atoms with van der Waals surface area (Å²) in [7, 11) is 0. The molecule has 4 N–H and O–H groups in total. The molecule has 0 spiro atoms. The Balaban J connectivity index is 2.16. The van der Waals surface area contributed by atoms with Gasteiger partial charge in [0.1, 0.15) is 0 Å². The van der Waals surface area contributed by atoms with Crippen LogP contribution in [0.4, 0.5) is 0 Å². The molecular formula is C13H27N3O2. The van der Waals surface area contributed by atoms with Crippen molar-refractivity contribution < 1.29 is 9.90 Å². The molecule has 0 saturated carbocycles. The third-order valence-corrected chi connectivity index (χ3v) is 3.70. The molecule has 0 aromatic rings. The Labute approximate surface area is 110 Å². The summed E-state index contributed by atoms with van der Waals surface area (Å²) in [5, 5.41) is 11.8. The molecule has 1 aliphatic heterocycles. The molecule has 1 rings (SSSR count). The third kappa shape index (κ3) is 5.80. The third-order valence-electron chi connectivity index (χ3n) is 3.70. The smallest absolute Gasteiger partial charge is 0.234 e. The molecule has 106 valence electrons. The Bertz CT molecular complexity index is 240. The summed E-state index contributed by atoms with van der Waals surface area (Å²) in [5.41, 5.74) is 5.83. The van der Waals surface area contributed by atoms with Crippen molar-refractivity contribution in [3.63, 3.8) is 0 Å². The Morgan fingerprint density at radius 3 is 2.72 bits per heavy atom. The lowest BCUT2D eigenvalue weighted by Gasteiger charge is -2.29. The highest BCUT2D eigenvalue weighted by Gasteiger charge is 2.18. The van der Waals surface area contributed by atoms with Crippen LogP contribution in [0.5, 0.6) is 0 Å². The van der Waals surface area contributed by atoms with Crippen molar-refractivity contribution in [2.45, 2.75) is 38.6 Å². The van der Waals surface area contributed by atoms with Gasteiger partial charge in [0.05, 0.1) is 6.54 Å². The van der Waals surface area contributed by atoms with Crippen molar-refractivity contribution in [3.8, 4) is 0 Å². The molecule has 1 aliphatic rings. The molecule has 1 fully saturated rings. The molecule has 0 aliphatic carbocycles. The fourth-order valence-electron chi connectivity index (χ4n) is 2.26. The molecule has 5 nitrogen and oxygen atoms in total. The van der Waals surface area contributed by atoms with E-state index < -0.39 is 0 Å². The first-order valence-corrected chi connectivity index (χ1v) is 7.01. The van der Waals surface area contributed by atoms with E-state index in [4.69, 9.17) is 10.8 Å². The SMILES string of the molecule is CCC(CCO)CNC(=O)CN1CCC(N)CC1. The first-order chi connectivity index (χ1) is 8.65. The summed E-state index contributed by atoms with van der Waals surface area (Å²) >= 11 is 0. The van der Waals surface area contributed by atoms with Gasteiger partial charge in [0.15, 0.2) is 0 Å². The van der Waals surface area contributed by atoms with Crippen molar-refractivity contribution in [2.75, 3.05) is 32.8 Å². The van der Waals surface area contributed by atoms with Gasteiger partial charge < -0.3 is 16.2 Å². The van der Waals surface area contributed by atoms with Crippen molar-refractivity contribution in [3.05, 3.63) is 0 Å². The van der Waals surface area contributed by atoms with E-state index in [0.717, 1.165) is 38.8 Å². The first-order valence-electron chi connectivity index (χ1n) is 7.01. The van der Waals surface area contributed by atoms with Gasteiger partial charge in [0.2, 0.25) is 5.91 Å². The van der Waals surface area contributed by atoms with E-state index in [1.54, 1.807) is 0 Å². The van der Waals surface area contributed by atoms with Crippen molar-refractivity contribution >= 4 is 5.91 Å². The number of nitrogens with one attached hydrogen (secondary N) is 1. The molecule has 0 radical (unpaired) electrons. The highest BCUT2D eigenvalue weighted by Crippen LogP contribution is 2.08. The topological polar surface area (TPSA) is 78.6 Å². The summed E-state index contributed by atoms with van der Waals surface area (Å²) in [5.74, 6) is 0.468. The zero-order valence-electron chi connectivity index (χ0n) is 11.4. The molecular weight excluding hydrogens is 230 g/mol. The maximum Gasteiger partial charge on any atom is 0.234 e. The summed E-state index contributed by atoms with van der Waals surface area (Å²) in [6.45, 7) is 5.26. The van der Waals surface area contributed by atoms with Gasteiger partial charge in [-0.15, -0.1) is 0 Å². The van der Waals surface area contributed by atoms with Crippen LogP contribution in [0.1, 0.15) is 32.6 Å². The normalized spacial score (nSPS) is 19.7. The Morgan fingerprint density at radius 1 is 1.50 bits per heavy atom. The number of piperidine rings is 1.